The fourth-order valence-electron chi connectivity index (χ4n) is 3.49. The van der Waals surface area contributed by atoms with Gasteiger partial charge in [-0.3, -0.25) is 4.90 Å². The predicted octanol–water partition coefficient (Wildman–Crippen LogP) is 2.99. The van der Waals surface area contributed by atoms with Crippen LogP contribution in [-0.2, 0) is 6.42 Å². The lowest BCUT2D eigenvalue weighted by Gasteiger charge is -2.36. The third kappa shape index (κ3) is 5.50. The van der Waals surface area contributed by atoms with Gasteiger partial charge < -0.3 is 19.5 Å². The van der Waals surface area contributed by atoms with Crippen molar-refractivity contribution in [3.8, 4) is 11.5 Å². The van der Waals surface area contributed by atoms with Gasteiger partial charge in [-0.25, -0.2) is 0 Å². The summed E-state index contributed by atoms with van der Waals surface area (Å²) in [6.07, 6.45) is 2.12. The van der Waals surface area contributed by atoms with Crippen molar-refractivity contribution in [3.63, 3.8) is 0 Å². The first-order valence-corrected chi connectivity index (χ1v) is 9.80. The van der Waals surface area contributed by atoms with Gasteiger partial charge in [-0.15, -0.1) is 6.58 Å². The Morgan fingerprint density at radius 2 is 1.79 bits per heavy atom. The molecule has 0 unspecified atom stereocenters. The summed E-state index contributed by atoms with van der Waals surface area (Å²) < 4.78 is 11.1. The quantitative estimate of drug-likeness (QED) is 0.676. The fraction of sp³-hybridized carbons (Fsp3) is 0.391. The van der Waals surface area contributed by atoms with E-state index in [-0.39, 0.29) is 0 Å². The van der Waals surface area contributed by atoms with Crippen LogP contribution >= 0.6 is 0 Å². The van der Waals surface area contributed by atoms with Crippen molar-refractivity contribution >= 4 is 5.69 Å². The van der Waals surface area contributed by atoms with Gasteiger partial charge >= 0.3 is 0 Å². The Labute approximate surface area is 167 Å². The van der Waals surface area contributed by atoms with Crippen LogP contribution in [-0.4, -0.2) is 62.6 Å². The lowest BCUT2D eigenvalue weighted by Crippen LogP contribution is -2.49. The van der Waals surface area contributed by atoms with Crippen LogP contribution in [0.3, 0.4) is 0 Å². The smallest absolute Gasteiger partial charge is 0.122 e. The van der Waals surface area contributed by atoms with E-state index < -0.39 is 6.10 Å². The summed E-state index contributed by atoms with van der Waals surface area (Å²) in [6, 6.07) is 16.1. The highest BCUT2D eigenvalue weighted by atomic mass is 16.5. The number of piperazine rings is 1. The minimum atomic E-state index is -0.510. The van der Waals surface area contributed by atoms with E-state index in [1.165, 1.54) is 5.69 Å². The first kappa shape index (κ1) is 20.2. The van der Waals surface area contributed by atoms with Crippen molar-refractivity contribution in [1.82, 2.24) is 4.90 Å². The molecule has 1 atom stereocenters. The SMILES string of the molecule is C=CCc1ccccc1OC[C@H](O)CN1CCN(c2ccc(OC)cc2)CC1. The van der Waals surface area contributed by atoms with Crippen molar-refractivity contribution in [3.05, 3.63) is 66.7 Å². The number of β-amino-alcohol motifs (C(OH)–C–C–N with tert-alkyl or cyclic N) is 1. The van der Waals surface area contributed by atoms with Crippen LogP contribution in [0.25, 0.3) is 0 Å². The molecule has 2 aromatic rings. The number of allylic oxidation sites excluding steroid dienone is 1. The van der Waals surface area contributed by atoms with Crippen LogP contribution in [0.15, 0.2) is 61.2 Å². The molecule has 5 heteroatoms. The van der Waals surface area contributed by atoms with Gasteiger partial charge in [0.25, 0.3) is 0 Å². The van der Waals surface area contributed by atoms with E-state index in [2.05, 4.69) is 28.5 Å². The summed E-state index contributed by atoms with van der Waals surface area (Å²) in [7, 11) is 1.68. The summed E-state index contributed by atoms with van der Waals surface area (Å²) in [5.41, 5.74) is 2.31. The Balaban J connectivity index is 1.43. The second kappa shape index (κ2) is 10.2. The van der Waals surface area contributed by atoms with Crippen molar-refractivity contribution in [1.29, 1.82) is 0 Å². The Morgan fingerprint density at radius 3 is 2.46 bits per heavy atom. The van der Waals surface area contributed by atoms with Crippen LogP contribution in [0.4, 0.5) is 5.69 Å². The maximum absolute atomic E-state index is 10.4. The molecular formula is C23H30N2O3. The maximum Gasteiger partial charge on any atom is 0.122 e. The number of anilines is 1. The lowest BCUT2D eigenvalue weighted by molar-refractivity contribution is 0.0660. The summed E-state index contributed by atoms with van der Waals surface area (Å²) in [5, 5.41) is 10.4. The van der Waals surface area contributed by atoms with E-state index in [0.29, 0.717) is 13.2 Å². The van der Waals surface area contributed by atoms with Gasteiger partial charge in [0.2, 0.25) is 0 Å². The van der Waals surface area contributed by atoms with E-state index in [4.69, 9.17) is 9.47 Å². The third-order valence-electron chi connectivity index (χ3n) is 5.05. The largest absolute Gasteiger partial charge is 0.497 e. The van der Waals surface area contributed by atoms with Crippen molar-refractivity contribution in [2.75, 3.05) is 51.3 Å². The Morgan fingerprint density at radius 1 is 1.07 bits per heavy atom. The van der Waals surface area contributed by atoms with Gasteiger partial charge in [0.15, 0.2) is 0 Å². The topological polar surface area (TPSA) is 45.2 Å². The molecule has 1 N–H and O–H groups in total. The van der Waals surface area contributed by atoms with Crippen LogP contribution in [0, 0.1) is 0 Å². The molecule has 3 rings (SSSR count). The second-order valence-electron chi connectivity index (χ2n) is 7.05. The highest BCUT2D eigenvalue weighted by Gasteiger charge is 2.20. The van der Waals surface area contributed by atoms with E-state index >= 15 is 0 Å². The number of ether oxygens (including phenoxy) is 2. The average molecular weight is 383 g/mol. The van der Waals surface area contributed by atoms with Gasteiger partial charge in [-0.1, -0.05) is 24.3 Å². The third-order valence-corrected chi connectivity index (χ3v) is 5.05. The molecule has 28 heavy (non-hydrogen) atoms. The molecule has 1 aliphatic rings. The van der Waals surface area contributed by atoms with Crippen molar-refractivity contribution in [2.24, 2.45) is 0 Å². The van der Waals surface area contributed by atoms with Gasteiger partial charge in [-0.05, 0) is 42.3 Å². The minimum absolute atomic E-state index is 0.298. The molecule has 5 nitrogen and oxygen atoms in total. The average Bonchev–Trinajstić information content (AvgIpc) is 2.74. The number of methoxy groups -OCH3 is 1. The number of para-hydroxylation sites is 1. The first-order valence-electron chi connectivity index (χ1n) is 9.80. The first-order chi connectivity index (χ1) is 13.7. The summed E-state index contributed by atoms with van der Waals surface area (Å²) in [4.78, 5) is 4.66. The zero-order chi connectivity index (χ0) is 19.8. The van der Waals surface area contributed by atoms with Gasteiger partial charge in [0.05, 0.1) is 7.11 Å². The second-order valence-corrected chi connectivity index (χ2v) is 7.05. The monoisotopic (exact) mass is 382 g/mol. The molecule has 1 saturated heterocycles. The number of aliphatic hydroxyl groups excluding tert-OH is 1. The molecule has 1 aliphatic heterocycles. The molecule has 0 bridgehead atoms. The van der Waals surface area contributed by atoms with Gasteiger partial charge in [0, 0.05) is 38.4 Å². The van der Waals surface area contributed by atoms with Crippen LogP contribution in [0.1, 0.15) is 5.56 Å². The van der Waals surface area contributed by atoms with Crippen molar-refractivity contribution in [2.45, 2.75) is 12.5 Å². The number of hydrogen-bond acceptors (Lipinski definition) is 5. The molecule has 0 spiro atoms. The molecule has 2 aromatic carbocycles. The predicted molar refractivity (Wildman–Crippen MR) is 113 cm³/mol. The molecule has 0 radical (unpaired) electrons. The number of aliphatic hydroxyl groups is 1. The summed E-state index contributed by atoms with van der Waals surface area (Å²) in [5.74, 6) is 1.70. The molecule has 0 aliphatic carbocycles. The number of hydrogen-bond donors (Lipinski definition) is 1. The molecule has 150 valence electrons. The van der Waals surface area contributed by atoms with E-state index in [9.17, 15) is 5.11 Å². The molecule has 1 heterocycles. The number of rotatable bonds is 9. The van der Waals surface area contributed by atoms with Crippen molar-refractivity contribution < 1.29 is 14.6 Å². The van der Waals surface area contributed by atoms with Crippen LogP contribution < -0.4 is 14.4 Å². The van der Waals surface area contributed by atoms with Crippen LogP contribution in [0.5, 0.6) is 11.5 Å². The maximum atomic E-state index is 10.4. The van der Waals surface area contributed by atoms with Crippen LogP contribution in [0.2, 0.25) is 0 Å². The molecule has 0 aromatic heterocycles. The summed E-state index contributed by atoms with van der Waals surface area (Å²) >= 11 is 0. The van der Waals surface area contributed by atoms with E-state index in [1.54, 1.807) is 7.11 Å². The molecule has 1 fully saturated rings. The molecule has 0 saturated carbocycles. The fourth-order valence-corrected chi connectivity index (χ4v) is 3.49. The molecule has 0 amide bonds. The van der Waals surface area contributed by atoms with Gasteiger partial charge in [-0.2, -0.15) is 0 Å². The number of benzene rings is 2. The van der Waals surface area contributed by atoms with E-state index in [1.807, 2.05) is 42.5 Å². The lowest BCUT2D eigenvalue weighted by atomic mass is 10.1. The Hall–Kier alpha value is -2.50. The summed E-state index contributed by atoms with van der Waals surface area (Å²) in [6.45, 7) is 8.45. The Kier molecular flexibility index (Phi) is 7.34. The highest BCUT2D eigenvalue weighted by molar-refractivity contribution is 5.49. The molecular weight excluding hydrogens is 352 g/mol. The zero-order valence-electron chi connectivity index (χ0n) is 16.6. The number of nitrogens with zero attached hydrogens (tertiary/aromatic N) is 2. The standard InChI is InChI=1S/C23H30N2O3/c1-3-6-19-7-4-5-8-23(19)28-18-21(26)17-24-13-15-25(16-14-24)20-9-11-22(27-2)12-10-20/h3-5,7-12,21,26H,1,6,13-18H2,2H3/t21-/m1/s1. The Bertz CT molecular complexity index is 740. The van der Waals surface area contributed by atoms with E-state index in [0.717, 1.165) is 49.7 Å². The normalized spacial score (nSPS) is 15.9. The minimum Gasteiger partial charge on any atom is -0.497 e. The van der Waals surface area contributed by atoms with Gasteiger partial charge in [0.1, 0.15) is 24.2 Å². The highest BCUT2D eigenvalue weighted by Crippen LogP contribution is 2.21. The zero-order valence-corrected chi connectivity index (χ0v) is 16.6.